The third-order valence-corrected chi connectivity index (χ3v) is 8.49. The molecule has 1 aliphatic heterocycles. The van der Waals surface area contributed by atoms with E-state index in [2.05, 4.69) is 35.2 Å². The first kappa shape index (κ1) is 29.5. The van der Waals surface area contributed by atoms with Crippen LogP contribution in [0.4, 0.5) is 26.3 Å². The highest BCUT2D eigenvalue weighted by Crippen LogP contribution is 2.70. The van der Waals surface area contributed by atoms with Crippen LogP contribution in [0.15, 0.2) is 61.4 Å². The van der Waals surface area contributed by atoms with E-state index in [0.717, 1.165) is 24.5 Å². The zero-order valence-corrected chi connectivity index (χ0v) is 22.8. The molecule has 3 N–H and O–H groups in total. The van der Waals surface area contributed by atoms with E-state index >= 15 is 0 Å². The Hall–Kier alpha value is -4.53. The summed E-state index contributed by atoms with van der Waals surface area (Å²) in [7, 11) is 0. The standard InChI is InChI=1S/C29H24F6N8O/c30-28(31,32)23-3-1-16(10-37-23)20-5-18(40-14-42-20)7-26(12-27(26)9-22(25(36)44)39-13-27)8-19-6-21(43-15-41-19)17-2-4-24(38-11-17)29(33,34)35/h1-6,10-11,14-15,22,39H,7-9,12-13H2,(H2,36,44). The topological polar surface area (TPSA) is 132 Å². The molecule has 0 aromatic carbocycles. The van der Waals surface area contributed by atoms with Crippen molar-refractivity contribution < 1.29 is 31.1 Å². The number of halogens is 6. The Kier molecular flexibility index (Phi) is 7.10. The maximum absolute atomic E-state index is 13.0. The number of alkyl halides is 6. The number of nitrogens with zero attached hydrogens (tertiary/aromatic N) is 6. The largest absolute Gasteiger partial charge is 0.433 e. The highest BCUT2D eigenvalue weighted by Gasteiger charge is 2.69. The first-order valence-corrected chi connectivity index (χ1v) is 13.5. The second kappa shape index (κ2) is 10.6. The number of aromatic nitrogens is 6. The van der Waals surface area contributed by atoms with Gasteiger partial charge in [0.05, 0.1) is 17.4 Å². The molecular weight excluding hydrogens is 590 g/mol. The molecule has 1 aliphatic carbocycles. The second-order valence-corrected chi connectivity index (χ2v) is 11.3. The molecule has 1 amide bonds. The van der Waals surface area contributed by atoms with Crippen LogP contribution in [0.3, 0.4) is 0 Å². The van der Waals surface area contributed by atoms with Crippen LogP contribution in [0.2, 0.25) is 0 Å². The van der Waals surface area contributed by atoms with Crippen molar-refractivity contribution in [2.45, 2.75) is 44.1 Å². The van der Waals surface area contributed by atoms with Crippen LogP contribution < -0.4 is 11.1 Å². The highest BCUT2D eigenvalue weighted by atomic mass is 19.4. The van der Waals surface area contributed by atoms with E-state index in [1.165, 1.54) is 24.8 Å². The third kappa shape index (κ3) is 5.70. The number of rotatable bonds is 7. The highest BCUT2D eigenvalue weighted by molar-refractivity contribution is 5.80. The van der Waals surface area contributed by atoms with Crippen LogP contribution in [0, 0.1) is 10.8 Å². The van der Waals surface area contributed by atoms with Crippen molar-refractivity contribution in [1.29, 1.82) is 0 Å². The van der Waals surface area contributed by atoms with Crippen molar-refractivity contribution in [2.75, 3.05) is 6.54 Å². The first-order chi connectivity index (χ1) is 20.8. The zero-order valence-electron chi connectivity index (χ0n) is 22.8. The summed E-state index contributed by atoms with van der Waals surface area (Å²) >= 11 is 0. The molecule has 4 aromatic heterocycles. The van der Waals surface area contributed by atoms with Crippen molar-refractivity contribution >= 4 is 5.91 Å². The molecule has 5 heterocycles. The predicted molar refractivity (Wildman–Crippen MR) is 143 cm³/mol. The van der Waals surface area contributed by atoms with Gasteiger partial charge in [0.2, 0.25) is 5.91 Å². The Morgan fingerprint density at radius 2 is 1.30 bits per heavy atom. The van der Waals surface area contributed by atoms with Gasteiger partial charge in [-0.2, -0.15) is 26.3 Å². The van der Waals surface area contributed by atoms with E-state index in [9.17, 15) is 31.1 Å². The van der Waals surface area contributed by atoms with Crippen molar-refractivity contribution in [2.24, 2.45) is 16.6 Å². The predicted octanol–water partition coefficient (Wildman–Crippen LogP) is 4.44. The van der Waals surface area contributed by atoms with Gasteiger partial charge in [0, 0.05) is 41.5 Å². The molecule has 44 heavy (non-hydrogen) atoms. The molecule has 0 bridgehead atoms. The Balaban J connectivity index is 1.29. The summed E-state index contributed by atoms with van der Waals surface area (Å²) in [6.07, 6.45) is -2.15. The van der Waals surface area contributed by atoms with Crippen LogP contribution in [0.1, 0.15) is 35.6 Å². The summed E-state index contributed by atoms with van der Waals surface area (Å²) in [5.41, 5.74) is 5.68. The fraction of sp³-hybridized carbons (Fsp3) is 0.345. The van der Waals surface area contributed by atoms with Gasteiger partial charge in [0.25, 0.3) is 0 Å². The molecule has 0 radical (unpaired) electrons. The molecule has 15 heteroatoms. The molecule has 1 saturated heterocycles. The number of carbonyl (C=O) groups is 1. The molecule has 1 spiro atoms. The molecule has 228 valence electrons. The smallest absolute Gasteiger partial charge is 0.368 e. The van der Waals surface area contributed by atoms with Gasteiger partial charge in [-0.3, -0.25) is 14.8 Å². The van der Waals surface area contributed by atoms with Crippen molar-refractivity contribution in [3.63, 3.8) is 0 Å². The average Bonchev–Trinajstić information content (AvgIpc) is 3.32. The number of amides is 1. The first-order valence-electron chi connectivity index (χ1n) is 13.5. The van der Waals surface area contributed by atoms with Gasteiger partial charge in [-0.1, -0.05) is 0 Å². The molecular formula is C29H24F6N8O. The number of nitrogens with two attached hydrogens (primary N) is 1. The summed E-state index contributed by atoms with van der Waals surface area (Å²) in [4.78, 5) is 36.3. The van der Waals surface area contributed by atoms with E-state index in [0.29, 0.717) is 66.1 Å². The lowest BCUT2D eigenvalue weighted by molar-refractivity contribution is -0.141. The van der Waals surface area contributed by atoms with E-state index in [-0.39, 0.29) is 5.41 Å². The zero-order chi connectivity index (χ0) is 31.3. The third-order valence-electron chi connectivity index (χ3n) is 8.49. The summed E-state index contributed by atoms with van der Waals surface area (Å²) in [5, 5.41) is 3.20. The van der Waals surface area contributed by atoms with Crippen LogP contribution in [-0.2, 0) is 30.0 Å². The van der Waals surface area contributed by atoms with Gasteiger partial charge in [-0.25, -0.2) is 19.9 Å². The fourth-order valence-corrected chi connectivity index (χ4v) is 6.18. The van der Waals surface area contributed by atoms with Crippen LogP contribution >= 0.6 is 0 Å². The summed E-state index contributed by atoms with van der Waals surface area (Å²) in [5.74, 6) is -0.457. The molecule has 6 rings (SSSR count). The van der Waals surface area contributed by atoms with Crippen LogP contribution in [0.25, 0.3) is 22.5 Å². The maximum atomic E-state index is 13.0. The molecule has 9 nitrogen and oxygen atoms in total. The Bertz CT molecular complexity index is 1590. The second-order valence-electron chi connectivity index (χ2n) is 11.3. The van der Waals surface area contributed by atoms with E-state index in [1.807, 2.05) is 0 Å². The molecule has 1 saturated carbocycles. The number of carbonyl (C=O) groups excluding carboxylic acids is 1. The number of nitrogens with one attached hydrogen (secondary N) is 1. The van der Waals surface area contributed by atoms with Gasteiger partial charge >= 0.3 is 12.4 Å². The summed E-state index contributed by atoms with van der Waals surface area (Å²) in [6, 6.07) is 7.27. The minimum absolute atomic E-state index is 0.311. The number of pyridine rings is 2. The minimum Gasteiger partial charge on any atom is -0.368 e. The fourth-order valence-electron chi connectivity index (χ4n) is 6.18. The summed E-state index contributed by atoms with van der Waals surface area (Å²) in [6.45, 7) is 0.530. The maximum Gasteiger partial charge on any atom is 0.433 e. The SMILES string of the molecule is NC(=O)C1CC2(CN1)CC2(Cc1cc(-c2ccc(C(F)(F)F)nc2)ncn1)Cc1cc(-c2ccc(C(F)(F)F)nc2)ncn1. The minimum atomic E-state index is -4.57. The molecule has 2 unspecified atom stereocenters. The van der Waals surface area contributed by atoms with E-state index < -0.39 is 41.1 Å². The van der Waals surface area contributed by atoms with E-state index in [4.69, 9.17) is 5.73 Å². The van der Waals surface area contributed by atoms with Gasteiger partial charge in [-0.05, 0) is 72.9 Å². The Labute approximate surface area is 246 Å². The Morgan fingerprint density at radius 1 is 0.795 bits per heavy atom. The number of hydrogen-bond donors (Lipinski definition) is 2. The van der Waals surface area contributed by atoms with E-state index in [1.54, 1.807) is 12.1 Å². The average molecular weight is 615 g/mol. The van der Waals surface area contributed by atoms with Gasteiger partial charge in [-0.15, -0.1) is 0 Å². The van der Waals surface area contributed by atoms with Crippen LogP contribution in [-0.4, -0.2) is 48.4 Å². The number of primary amides is 1. The molecule has 4 aromatic rings. The van der Waals surface area contributed by atoms with Crippen molar-refractivity contribution in [1.82, 2.24) is 35.2 Å². The molecule has 2 fully saturated rings. The quantitative estimate of drug-likeness (QED) is 0.292. The lowest BCUT2D eigenvalue weighted by atomic mass is 9.82. The summed E-state index contributed by atoms with van der Waals surface area (Å²) < 4.78 is 77.9. The number of hydrogen-bond acceptors (Lipinski definition) is 8. The van der Waals surface area contributed by atoms with Crippen LogP contribution in [0.5, 0.6) is 0 Å². The molecule has 2 aliphatic rings. The van der Waals surface area contributed by atoms with Crippen molar-refractivity contribution in [3.8, 4) is 22.5 Å². The lowest BCUT2D eigenvalue weighted by Crippen LogP contribution is -2.36. The van der Waals surface area contributed by atoms with Crippen molar-refractivity contribution in [3.05, 3.63) is 84.2 Å². The molecule has 2 atom stereocenters. The van der Waals surface area contributed by atoms with Gasteiger partial charge in [0.1, 0.15) is 24.0 Å². The monoisotopic (exact) mass is 614 g/mol. The normalized spacial score (nSPS) is 21.0. The van der Waals surface area contributed by atoms with Gasteiger partial charge in [0.15, 0.2) is 0 Å². The lowest BCUT2D eigenvalue weighted by Gasteiger charge is -2.22. The Morgan fingerprint density at radius 3 is 1.68 bits per heavy atom. The van der Waals surface area contributed by atoms with Gasteiger partial charge < -0.3 is 11.1 Å².